The standard InChI is InChI=1S/C19H17Cl2NO5S/c1-28(25,26)22-9-3-4-12-10-13(7-8-16(12)22)17(23)11-27-19(24)14-5-2-6-15(20)18(14)21/h2,5-8,10H,3-4,9,11H2,1H3. The number of ketones is 1. The molecule has 2 aromatic carbocycles. The monoisotopic (exact) mass is 441 g/mol. The van der Waals surface area contributed by atoms with Gasteiger partial charge in [0.25, 0.3) is 0 Å². The van der Waals surface area contributed by atoms with Gasteiger partial charge in [0.1, 0.15) is 0 Å². The Balaban J connectivity index is 1.73. The minimum atomic E-state index is -3.38. The van der Waals surface area contributed by atoms with Crippen molar-refractivity contribution in [1.29, 1.82) is 0 Å². The van der Waals surface area contributed by atoms with Gasteiger partial charge in [-0.2, -0.15) is 0 Å². The molecule has 0 aromatic heterocycles. The molecule has 28 heavy (non-hydrogen) atoms. The second-order valence-corrected chi connectivity index (χ2v) is 9.07. The average Bonchev–Trinajstić information content (AvgIpc) is 2.66. The van der Waals surface area contributed by atoms with Gasteiger partial charge >= 0.3 is 5.97 Å². The Labute approximate surface area is 173 Å². The van der Waals surface area contributed by atoms with Gasteiger partial charge in [-0.3, -0.25) is 9.10 Å². The van der Waals surface area contributed by atoms with Gasteiger partial charge in [-0.05, 0) is 48.7 Å². The van der Waals surface area contributed by atoms with Crippen LogP contribution in [-0.4, -0.2) is 39.6 Å². The van der Waals surface area contributed by atoms with E-state index in [2.05, 4.69) is 0 Å². The predicted octanol–water partition coefficient (Wildman–Crippen LogP) is 3.75. The number of nitrogens with zero attached hydrogens (tertiary/aromatic N) is 1. The summed E-state index contributed by atoms with van der Waals surface area (Å²) in [4.78, 5) is 24.6. The molecule has 148 valence electrons. The van der Waals surface area contributed by atoms with Crippen LogP contribution in [0.5, 0.6) is 0 Å². The number of sulfonamides is 1. The molecule has 0 saturated heterocycles. The first-order valence-electron chi connectivity index (χ1n) is 8.43. The fourth-order valence-electron chi connectivity index (χ4n) is 3.03. The van der Waals surface area contributed by atoms with Crippen LogP contribution in [0.15, 0.2) is 36.4 Å². The summed E-state index contributed by atoms with van der Waals surface area (Å²) in [7, 11) is -3.38. The third-order valence-electron chi connectivity index (χ3n) is 4.38. The Bertz CT molecular complexity index is 1050. The number of carbonyl (C=O) groups is 2. The Kier molecular flexibility index (Phi) is 5.98. The van der Waals surface area contributed by atoms with Crippen LogP contribution >= 0.6 is 23.2 Å². The van der Waals surface area contributed by atoms with E-state index in [1.165, 1.54) is 16.4 Å². The molecule has 0 bridgehead atoms. The van der Waals surface area contributed by atoms with Crippen LogP contribution in [0.1, 0.15) is 32.7 Å². The first kappa shape index (κ1) is 20.6. The van der Waals surface area contributed by atoms with E-state index in [-0.39, 0.29) is 15.6 Å². The Morgan fingerprint density at radius 2 is 1.93 bits per heavy atom. The lowest BCUT2D eigenvalue weighted by atomic mass is 9.99. The summed E-state index contributed by atoms with van der Waals surface area (Å²) in [5.74, 6) is -1.15. The van der Waals surface area contributed by atoms with E-state index < -0.39 is 28.4 Å². The molecule has 0 fully saturated rings. The molecule has 2 aromatic rings. The summed E-state index contributed by atoms with van der Waals surface area (Å²) in [6.07, 6.45) is 2.49. The van der Waals surface area contributed by atoms with E-state index in [9.17, 15) is 18.0 Å². The highest BCUT2D eigenvalue weighted by Crippen LogP contribution is 2.30. The summed E-state index contributed by atoms with van der Waals surface area (Å²) < 4.78 is 30.2. The zero-order valence-electron chi connectivity index (χ0n) is 14.9. The Morgan fingerprint density at radius 1 is 1.18 bits per heavy atom. The van der Waals surface area contributed by atoms with Crippen LogP contribution in [0.2, 0.25) is 10.0 Å². The Hall–Kier alpha value is -2.09. The van der Waals surface area contributed by atoms with Crippen molar-refractivity contribution in [3.63, 3.8) is 0 Å². The smallest absolute Gasteiger partial charge is 0.340 e. The van der Waals surface area contributed by atoms with Gasteiger partial charge in [0, 0.05) is 12.1 Å². The molecule has 0 aliphatic carbocycles. The summed E-state index contributed by atoms with van der Waals surface area (Å²) in [5, 5.41) is 0.281. The summed E-state index contributed by atoms with van der Waals surface area (Å²) in [6, 6.07) is 9.35. The van der Waals surface area contributed by atoms with Crippen LogP contribution in [0.4, 0.5) is 5.69 Å². The molecule has 0 amide bonds. The molecule has 0 radical (unpaired) electrons. The van der Waals surface area contributed by atoms with Gasteiger partial charge in [-0.15, -0.1) is 0 Å². The van der Waals surface area contributed by atoms with Gasteiger partial charge in [-0.25, -0.2) is 13.2 Å². The molecule has 1 aliphatic heterocycles. The van der Waals surface area contributed by atoms with E-state index in [4.69, 9.17) is 27.9 Å². The first-order valence-corrected chi connectivity index (χ1v) is 11.0. The number of esters is 1. The Morgan fingerprint density at radius 3 is 2.64 bits per heavy atom. The molecule has 3 rings (SSSR count). The van der Waals surface area contributed by atoms with E-state index >= 15 is 0 Å². The predicted molar refractivity (Wildman–Crippen MR) is 108 cm³/mol. The van der Waals surface area contributed by atoms with Crippen molar-refractivity contribution in [2.75, 3.05) is 23.7 Å². The lowest BCUT2D eigenvalue weighted by Gasteiger charge is -2.29. The highest BCUT2D eigenvalue weighted by Gasteiger charge is 2.25. The van der Waals surface area contributed by atoms with E-state index in [1.807, 2.05) is 0 Å². The number of Topliss-reactive ketones (excluding diaryl/α,β-unsaturated/α-hetero) is 1. The van der Waals surface area contributed by atoms with Gasteiger partial charge < -0.3 is 4.74 Å². The molecule has 0 saturated carbocycles. The third kappa shape index (κ3) is 4.32. The van der Waals surface area contributed by atoms with Gasteiger partial charge in [0.05, 0.1) is 27.6 Å². The van der Waals surface area contributed by atoms with Crippen LogP contribution in [-0.2, 0) is 21.2 Å². The van der Waals surface area contributed by atoms with Crippen LogP contribution < -0.4 is 4.31 Å². The maximum atomic E-state index is 12.4. The maximum Gasteiger partial charge on any atom is 0.340 e. The van der Waals surface area contributed by atoms with E-state index in [0.717, 1.165) is 11.8 Å². The zero-order valence-corrected chi connectivity index (χ0v) is 17.3. The van der Waals surface area contributed by atoms with Crippen molar-refractivity contribution < 1.29 is 22.7 Å². The lowest BCUT2D eigenvalue weighted by molar-refractivity contribution is 0.0475. The minimum Gasteiger partial charge on any atom is -0.454 e. The quantitative estimate of drug-likeness (QED) is 0.521. The number of benzene rings is 2. The number of anilines is 1. The molecule has 1 aliphatic rings. The number of rotatable bonds is 5. The highest BCUT2D eigenvalue weighted by atomic mass is 35.5. The molecular weight excluding hydrogens is 425 g/mol. The SMILES string of the molecule is CS(=O)(=O)N1CCCc2cc(C(=O)COC(=O)c3cccc(Cl)c3Cl)ccc21. The maximum absolute atomic E-state index is 12.4. The lowest BCUT2D eigenvalue weighted by Crippen LogP contribution is -2.34. The van der Waals surface area contributed by atoms with E-state index in [0.29, 0.717) is 30.6 Å². The van der Waals surface area contributed by atoms with Gasteiger partial charge in [0.2, 0.25) is 10.0 Å². The number of ether oxygens (including phenoxy) is 1. The summed E-state index contributed by atoms with van der Waals surface area (Å²) in [6.45, 7) is -0.0482. The molecule has 6 nitrogen and oxygen atoms in total. The number of aryl methyl sites for hydroxylation is 1. The summed E-state index contributed by atoms with van der Waals surface area (Å²) >= 11 is 11.9. The van der Waals surface area contributed by atoms with Gasteiger partial charge in [-0.1, -0.05) is 29.3 Å². The number of hydrogen-bond acceptors (Lipinski definition) is 5. The van der Waals surface area contributed by atoms with Crippen molar-refractivity contribution in [2.45, 2.75) is 12.8 Å². The third-order valence-corrected chi connectivity index (χ3v) is 6.38. The first-order chi connectivity index (χ1) is 13.2. The molecule has 0 N–H and O–H groups in total. The number of fused-ring (bicyclic) bond motifs is 1. The molecule has 0 unspecified atom stereocenters. The van der Waals surface area contributed by atoms with E-state index in [1.54, 1.807) is 24.3 Å². The molecular formula is C19H17Cl2NO5S. The second-order valence-electron chi connectivity index (χ2n) is 6.38. The molecule has 0 atom stereocenters. The molecule has 1 heterocycles. The fraction of sp³-hybridized carbons (Fsp3) is 0.263. The summed E-state index contributed by atoms with van der Waals surface area (Å²) in [5.41, 5.74) is 1.77. The number of hydrogen-bond donors (Lipinski definition) is 0. The molecule has 9 heteroatoms. The van der Waals surface area contributed by atoms with Crippen molar-refractivity contribution in [2.24, 2.45) is 0 Å². The van der Waals surface area contributed by atoms with Crippen molar-refractivity contribution in [1.82, 2.24) is 0 Å². The van der Waals surface area contributed by atoms with Gasteiger partial charge in [0.15, 0.2) is 12.4 Å². The topological polar surface area (TPSA) is 80.8 Å². The van der Waals surface area contributed by atoms with Crippen LogP contribution in [0.3, 0.4) is 0 Å². The zero-order chi connectivity index (χ0) is 20.5. The average molecular weight is 442 g/mol. The molecule has 0 spiro atoms. The second kappa shape index (κ2) is 8.11. The number of halogens is 2. The normalized spacial score (nSPS) is 13.8. The number of carbonyl (C=O) groups excluding carboxylic acids is 2. The fourth-order valence-corrected chi connectivity index (χ4v) is 4.41. The van der Waals surface area contributed by atoms with Crippen LogP contribution in [0.25, 0.3) is 0 Å². The minimum absolute atomic E-state index is 0.0660. The van der Waals surface area contributed by atoms with Crippen LogP contribution in [0, 0.1) is 0 Å². The largest absolute Gasteiger partial charge is 0.454 e. The van der Waals surface area contributed by atoms with Crippen molar-refractivity contribution in [3.8, 4) is 0 Å². The van der Waals surface area contributed by atoms with Crippen molar-refractivity contribution in [3.05, 3.63) is 63.1 Å². The van der Waals surface area contributed by atoms with Crippen molar-refractivity contribution >= 4 is 50.7 Å². The highest BCUT2D eigenvalue weighted by molar-refractivity contribution is 7.92.